The molecule has 0 radical (unpaired) electrons. The van der Waals surface area contributed by atoms with Crippen molar-refractivity contribution in [2.45, 2.75) is 31.8 Å². The first-order valence-electron chi connectivity index (χ1n) is 7.85. The van der Waals surface area contributed by atoms with Crippen molar-refractivity contribution in [1.29, 1.82) is 0 Å². The van der Waals surface area contributed by atoms with E-state index in [1.807, 2.05) is 42.5 Å². The topological polar surface area (TPSA) is 54.3 Å². The van der Waals surface area contributed by atoms with E-state index in [9.17, 15) is 4.79 Å². The average Bonchev–Trinajstić information content (AvgIpc) is 3.25. The predicted octanol–water partition coefficient (Wildman–Crippen LogP) is 2.87. The van der Waals surface area contributed by atoms with E-state index in [0.29, 0.717) is 5.92 Å². The van der Waals surface area contributed by atoms with Gasteiger partial charge in [-0.3, -0.25) is 10.1 Å². The Labute approximate surface area is 130 Å². The van der Waals surface area contributed by atoms with Crippen LogP contribution in [0.2, 0.25) is 0 Å². The van der Waals surface area contributed by atoms with Crippen LogP contribution in [0.4, 0.5) is 0 Å². The quantitative estimate of drug-likeness (QED) is 0.826. The number of hydrogen-bond donors (Lipinski definition) is 2. The fraction of sp³-hybridized carbons (Fsp3) is 0.389. The van der Waals surface area contributed by atoms with Crippen molar-refractivity contribution in [3.05, 3.63) is 60.1 Å². The minimum absolute atomic E-state index is 0.0342. The van der Waals surface area contributed by atoms with Gasteiger partial charge in [-0.05, 0) is 43.4 Å². The van der Waals surface area contributed by atoms with Crippen LogP contribution in [0.3, 0.4) is 0 Å². The maximum absolute atomic E-state index is 12.1. The lowest BCUT2D eigenvalue weighted by Gasteiger charge is -2.18. The van der Waals surface area contributed by atoms with E-state index >= 15 is 0 Å². The molecule has 4 nitrogen and oxygen atoms in total. The molecule has 2 N–H and O–H groups in total. The third kappa shape index (κ3) is 3.77. The highest BCUT2D eigenvalue weighted by molar-refractivity contribution is 5.78. The van der Waals surface area contributed by atoms with E-state index in [-0.39, 0.29) is 24.5 Å². The molecule has 22 heavy (non-hydrogen) atoms. The molecule has 1 aromatic carbocycles. The van der Waals surface area contributed by atoms with Crippen LogP contribution in [0, 0.1) is 5.92 Å². The van der Waals surface area contributed by atoms with Crippen molar-refractivity contribution in [2.75, 3.05) is 6.54 Å². The van der Waals surface area contributed by atoms with E-state index in [4.69, 9.17) is 4.42 Å². The average molecular weight is 298 g/mol. The molecule has 1 aromatic heterocycles. The Morgan fingerprint density at radius 2 is 2.00 bits per heavy atom. The number of carbonyl (C=O) groups is 1. The number of hydrogen-bond acceptors (Lipinski definition) is 3. The van der Waals surface area contributed by atoms with Crippen molar-refractivity contribution >= 4 is 5.91 Å². The van der Waals surface area contributed by atoms with E-state index in [1.54, 1.807) is 6.26 Å². The second kappa shape index (κ2) is 6.79. The molecule has 3 rings (SSSR count). The molecule has 0 saturated heterocycles. The monoisotopic (exact) mass is 298 g/mol. The number of carbonyl (C=O) groups excluding carboxylic acids is 1. The van der Waals surface area contributed by atoms with E-state index in [1.165, 1.54) is 12.8 Å². The van der Waals surface area contributed by atoms with Gasteiger partial charge < -0.3 is 9.73 Å². The van der Waals surface area contributed by atoms with Crippen LogP contribution < -0.4 is 10.6 Å². The molecule has 1 aliphatic carbocycles. The Morgan fingerprint density at radius 3 is 2.64 bits per heavy atom. The van der Waals surface area contributed by atoms with Gasteiger partial charge in [-0.2, -0.15) is 0 Å². The van der Waals surface area contributed by atoms with E-state index in [0.717, 1.165) is 11.3 Å². The highest BCUT2D eigenvalue weighted by atomic mass is 16.3. The van der Waals surface area contributed by atoms with Gasteiger partial charge in [-0.15, -0.1) is 0 Å². The van der Waals surface area contributed by atoms with Crippen molar-refractivity contribution in [3.8, 4) is 0 Å². The summed E-state index contributed by atoms with van der Waals surface area (Å²) in [6.45, 7) is 2.36. The standard InChI is InChI=1S/C18H22N2O2/c1-13(14-9-10-14)20-17(21)12-19-18(16-8-5-11-22-16)15-6-3-2-4-7-15/h2-8,11,13-14,18-19H,9-10,12H2,1H3,(H,20,21)/t13-,18+/m0/s1. The molecule has 4 heteroatoms. The number of nitrogens with one attached hydrogen (secondary N) is 2. The summed E-state index contributed by atoms with van der Waals surface area (Å²) >= 11 is 0. The van der Waals surface area contributed by atoms with Crippen LogP contribution in [-0.2, 0) is 4.79 Å². The zero-order valence-corrected chi connectivity index (χ0v) is 12.8. The molecule has 1 heterocycles. The van der Waals surface area contributed by atoms with Crippen LogP contribution in [0.1, 0.15) is 37.1 Å². The molecule has 0 aliphatic heterocycles. The van der Waals surface area contributed by atoms with Gasteiger partial charge in [0.1, 0.15) is 5.76 Å². The molecule has 0 unspecified atom stereocenters. The van der Waals surface area contributed by atoms with Gasteiger partial charge in [0.2, 0.25) is 5.91 Å². The smallest absolute Gasteiger partial charge is 0.234 e. The zero-order chi connectivity index (χ0) is 15.4. The van der Waals surface area contributed by atoms with Gasteiger partial charge >= 0.3 is 0 Å². The molecular formula is C18H22N2O2. The fourth-order valence-corrected chi connectivity index (χ4v) is 2.70. The van der Waals surface area contributed by atoms with Crippen molar-refractivity contribution in [3.63, 3.8) is 0 Å². The van der Waals surface area contributed by atoms with Gasteiger partial charge in [0.05, 0.1) is 18.8 Å². The maximum atomic E-state index is 12.1. The highest BCUT2D eigenvalue weighted by Crippen LogP contribution is 2.32. The lowest BCUT2D eigenvalue weighted by atomic mass is 10.0. The number of benzene rings is 1. The van der Waals surface area contributed by atoms with Crippen LogP contribution >= 0.6 is 0 Å². The lowest BCUT2D eigenvalue weighted by Crippen LogP contribution is -2.41. The molecule has 2 atom stereocenters. The van der Waals surface area contributed by atoms with Crippen molar-refractivity contribution < 1.29 is 9.21 Å². The van der Waals surface area contributed by atoms with E-state index in [2.05, 4.69) is 17.6 Å². The minimum Gasteiger partial charge on any atom is -0.467 e. The molecule has 0 spiro atoms. The van der Waals surface area contributed by atoms with Crippen LogP contribution in [0.15, 0.2) is 53.1 Å². The minimum atomic E-state index is -0.113. The molecule has 116 valence electrons. The number of rotatable bonds is 7. The van der Waals surface area contributed by atoms with Gasteiger partial charge in [-0.25, -0.2) is 0 Å². The Morgan fingerprint density at radius 1 is 1.23 bits per heavy atom. The summed E-state index contributed by atoms with van der Waals surface area (Å²) < 4.78 is 5.52. The summed E-state index contributed by atoms with van der Waals surface area (Å²) in [6.07, 6.45) is 4.12. The molecule has 2 aromatic rings. The summed E-state index contributed by atoms with van der Waals surface area (Å²) in [5.41, 5.74) is 1.08. The fourth-order valence-electron chi connectivity index (χ4n) is 2.70. The van der Waals surface area contributed by atoms with Gasteiger partial charge in [-0.1, -0.05) is 30.3 Å². The summed E-state index contributed by atoms with van der Waals surface area (Å²) in [5.74, 6) is 1.51. The second-order valence-electron chi connectivity index (χ2n) is 5.93. The molecule has 0 bridgehead atoms. The first-order valence-corrected chi connectivity index (χ1v) is 7.85. The third-order valence-electron chi connectivity index (χ3n) is 4.15. The Balaban J connectivity index is 1.62. The Bertz CT molecular complexity index is 591. The first-order chi connectivity index (χ1) is 10.7. The number of amides is 1. The van der Waals surface area contributed by atoms with Crippen molar-refractivity contribution in [2.24, 2.45) is 5.92 Å². The number of furan rings is 1. The first kappa shape index (κ1) is 14.9. The van der Waals surface area contributed by atoms with Gasteiger partial charge in [0.15, 0.2) is 0 Å². The van der Waals surface area contributed by atoms with Gasteiger partial charge in [0.25, 0.3) is 0 Å². The predicted molar refractivity (Wildman–Crippen MR) is 85.3 cm³/mol. The van der Waals surface area contributed by atoms with Crippen LogP contribution in [-0.4, -0.2) is 18.5 Å². The molecule has 1 amide bonds. The molecule has 1 fully saturated rings. The second-order valence-corrected chi connectivity index (χ2v) is 5.93. The molecule has 1 aliphatic rings. The Hall–Kier alpha value is -2.07. The zero-order valence-electron chi connectivity index (χ0n) is 12.8. The highest BCUT2D eigenvalue weighted by Gasteiger charge is 2.29. The van der Waals surface area contributed by atoms with Crippen LogP contribution in [0.5, 0.6) is 0 Å². The molecular weight excluding hydrogens is 276 g/mol. The molecule has 1 saturated carbocycles. The SMILES string of the molecule is C[C@H](NC(=O)CN[C@H](c1ccccc1)c1ccco1)C1CC1. The maximum Gasteiger partial charge on any atom is 0.234 e. The van der Waals surface area contributed by atoms with Crippen LogP contribution in [0.25, 0.3) is 0 Å². The van der Waals surface area contributed by atoms with E-state index < -0.39 is 0 Å². The normalized spacial score (nSPS) is 17.0. The summed E-state index contributed by atoms with van der Waals surface area (Å²) in [4.78, 5) is 12.1. The van der Waals surface area contributed by atoms with Gasteiger partial charge in [0, 0.05) is 6.04 Å². The third-order valence-corrected chi connectivity index (χ3v) is 4.15. The summed E-state index contributed by atoms with van der Waals surface area (Å²) in [5, 5.41) is 6.36. The largest absolute Gasteiger partial charge is 0.467 e. The Kier molecular flexibility index (Phi) is 4.59. The summed E-state index contributed by atoms with van der Waals surface area (Å²) in [7, 11) is 0. The summed E-state index contributed by atoms with van der Waals surface area (Å²) in [6, 6.07) is 14.0. The lowest BCUT2D eigenvalue weighted by molar-refractivity contribution is -0.121. The van der Waals surface area contributed by atoms with Crippen molar-refractivity contribution in [1.82, 2.24) is 10.6 Å².